The number of hydrogen-bond acceptors (Lipinski definition) is 5. The molecule has 1 saturated heterocycles. The molecule has 1 saturated carbocycles. The third-order valence-corrected chi connectivity index (χ3v) is 5.30. The molecule has 2 fully saturated rings. The van der Waals surface area contributed by atoms with Gasteiger partial charge in [-0.05, 0) is 25.0 Å². The van der Waals surface area contributed by atoms with Crippen molar-refractivity contribution in [1.29, 1.82) is 0 Å². The maximum absolute atomic E-state index is 12.4. The first-order valence-corrected chi connectivity index (χ1v) is 8.98. The Balaban J connectivity index is 1.63. The van der Waals surface area contributed by atoms with Gasteiger partial charge in [-0.15, -0.1) is 0 Å². The Morgan fingerprint density at radius 1 is 1.27 bits per heavy atom. The van der Waals surface area contributed by atoms with Crippen molar-refractivity contribution in [2.45, 2.75) is 37.7 Å². The lowest BCUT2D eigenvalue weighted by Gasteiger charge is -2.23. The first-order valence-electron chi connectivity index (χ1n) is 8.98. The summed E-state index contributed by atoms with van der Waals surface area (Å²) in [5.74, 6) is 0.426. The van der Waals surface area contributed by atoms with Crippen molar-refractivity contribution in [2.75, 3.05) is 32.2 Å². The van der Waals surface area contributed by atoms with E-state index in [0.717, 1.165) is 12.8 Å². The molecule has 1 aliphatic carbocycles. The second-order valence-corrected chi connectivity index (χ2v) is 7.09. The number of aliphatic hydroxyl groups is 1. The zero-order valence-corrected chi connectivity index (χ0v) is 15.3. The number of rotatable bonds is 6. The first-order chi connectivity index (χ1) is 12.5. The van der Waals surface area contributed by atoms with E-state index < -0.39 is 11.5 Å². The van der Waals surface area contributed by atoms with Crippen molar-refractivity contribution in [3.05, 3.63) is 18.2 Å². The number of anilines is 1. The topological polar surface area (TPSA) is 88.1 Å². The van der Waals surface area contributed by atoms with Crippen LogP contribution in [0.1, 0.15) is 32.1 Å². The molecule has 7 nitrogen and oxygen atoms in total. The molecule has 2 amide bonds. The number of nitrogens with zero attached hydrogens (tertiary/aromatic N) is 1. The zero-order valence-electron chi connectivity index (χ0n) is 15.3. The van der Waals surface area contributed by atoms with Crippen LogP contribution in [0.2, 0.25) is 0 Å². The van der Waals surface area contributed by atoms with Crippen LogP contribution in [-0.4, -0.2) is 49.8 Å². The maximum Gasteiger partial charge on any atom is 0.227 e. The van der Waals surface area contributed by atoms with E-state index in [2.05, 4.69) is 5.32 Å². The van der Waals surface area contributed by atoms with Crippen LogP contribution < -0.4 is 19.7 Å². The molecule has 1 aliphatic heterocycles. The number of ether oxygens (including phenoxy) is 2. The SMILES string of the molecule is COc1ccc(N2CC(C(=O)NCC3(O)CCCC3)CC2=O)cc1OC. The molecule has 1 aromatic rings. The lowest BCUT2D eigenvalue weighted by atomic mass is 10.0. The van der Waals surface area contributed by atoms with Crippen LogP contribution in [0.15, 0.2) is 18.2 Å². The third-order valence-electron chi connectivity index (χ3n) is 5.30. The van der Waals surface area contributed by atoms with Crippen molar-refractivity contribution in [1.82, 2.24) is 5.32 Å². The zero-order chi connectivity index (χ0) is 18.7. The van der Waals surface area contributed by atoms with Crippen LogP contribution in [0.3, 0.4) is 0 Å². The van der Waals surface area contributed by atoms with Gasteiger partial charge in [0, 0.05) is 31.3 Å². The highest BCUT2D eigenvalue weighted by molar-refractivity contribution is 6.00. The van der Waals surface area contributed by atoms with E-state index in [1.165, 1.54) is 7.11 Å². The lowest BCUT2D eigenvalue weighted by Crippen LogP contribution is -2.43. The smallest absolute Gasteiger partial charge is 0.227 e. The molecule has 1 heterocycles. The van der Waals surface area contributed by atoms with Crippen molar-refractivity contribution in [3.63, 3.8) is 0 Å². The minimum absolute atomic E-state index is 0.100. The third kappa shape index (κ3) is 3.77. The lowest BCUT2D eigenvalue weighted by molar-refractivity contribution is -0.127. The summed E-state index contributed by atoms with van der Waals surface area (Å²) in [6.45, 7) is 0.575. The van der Waals surface area contributed by atoms with Crippen LogP contribution in [0, 0.1) is 5.92 Å². The van der Waals surface area contributed by atoms with Gasteiger partial charge in [0.15, 0.2) is 11.5 Å². The van der Waals surface area contributed by atoms with Crippen LogP contribution >= 0.6 is 0 Å². The number of carbonyl (C=O) groups excluding carboxylic acids is 2. The summed E-state index contributed by atoms with van der Waals surface area (Å²) in [7, 11) is 3.09. The number of nitrogens with one attached hydrogen (secondary N) is 1. The minimum atomic E-state index is -0.790. The highest BCUT2D eigenvalue weighted by Gasteiger charge is 2.37. The van der Waals surface area contributed by atoms with Gasteiger partial charge >= 0.3 is 0 Å². The summed E-state index contributed by atoms with van der Waals surface area (Å²) in [4.78, 5) is 26.4. The molecule has 1 atom stereocenters. The van der Waals surface area contributed by atoms with Gasteiger partial charge in [-0.1, -0.05) is 12.8 Å². The predicted molar refractivity (Wildman–Crippen MR) is 96.4 cm³/mol. The molecule has 3 rings (SSSR count). The molecule has 7 heteroatoms. The van der Waals surface area contributed by atoms with Crippen molar-refractivity contribution in [3.8, 4) is 11.5 Å². The number of methoxy groups -OCH3 is 2. The Hall–Kier alpha value is -2.28. The van der Waals surface area contributed by atoms with E-state index in [0.29, 0.717) is 36.6 Å². The Morgan fingerprint density at radius 3 is 2.62 bits per heavy atom. The summed E-state index contributed by atoms with van der Waals surface area (Å²) in [6, 6.07) is 5.25. The normalized spacial score (nSPS) is 21.7. The Bertz CT molecular complexity index is 685. The largest absolute Gasteiger partial charge is 0.493 e. The van der Waals surface area contributed by atoms with E-state index in [9.17, 15) is 14.7 Å². The fourth-order valence-electron chi connectivity index (χ4n) is 3.73. The fourth-order valence-corrected chi connectivity index (χ4v) is 3.73. The molecule has 1 aromatic carbocycles. The summed E-state index contributed by atoms with van der Waals surface area (Å²) < 4.78 is 10.5. The standard InChI is InChI=1S/C19H26N2O5/c1-25-15-6-5-14(10-16(15)26-2)21-11-13(9-17(21)22)18(23)20-12-19(24)7-3-4-8-19/h5-6,10,13,24H,3-4,7-9,11-12H2,1-2H3,(H,20,23). The van der Waals surface area contributed by atoms with E-state index in [4.69, 9.17) is 9.47 Å². The molecular formula is C19H26N2O5. The van der Waals surface area contributed by atoms with Gasteiger partial charge in [0.05, 0.1) is 25.7 Å². The van der Waals surface area contributed by atoms with Crippen LogP contribution in [0.25, 0.3) is 0 Å². The number of benzene rings is 1. The fraction of sp³-hybridized carbons (Fsp3) is 0.579. The molecule has 2 N–H and O–H groups in total. The average Bonchev–Trinajstić information content (AvgIpc) is 3.25. The van der Waals surface area contributed by atoms with Gasteiger partial charge < -0.3 is 24.8 Å². The molecule has 142 valence electrons. The van der Waals surface area contributed by atoms with Gasteiger partial charge in [-0.2, -0.15) is 0 Å². The second-order valence-electron chi connectivity index (χ2n) is 7.09. The monoisotopic (exact) mass is 362 g/mol. The number of hydrogen-bond donors (Lipinski definition) is 2. The summed E-state index contributed by atoms with van der Waals surface area (Å²) >= 11 is 0. The number of carbonyl (C=O) groups is 2. The summed E-state index contributed by atoms with van der Waals surface area (Å²) in [6.07, 6.45) is 3.57. The number of amides is 2. The highest BCUT2D eigenvalue weighted by atomic mass is 16.5. The Kier molecular flexibility index (Phi) is 5.36. The quantitative estimate of drug-likeness (QED) is 0.800. The van der Waals surface area contributed by atoms with Crippen LogP contribution in [0.4, 0.5) is 5.69 Å². The highest BCUT2D eigenvalue weighted by Crippen LogP contribution is 2.34. The molecule has 0 radical (unpaired) electrons. The van der Waals surface area contributed by atoms with Crippen molar-refractivity contribution >= 4 is 17.5 Å². The van der Waals surface area contributed by atoms with Gasteiger partial charge in [-0.3, -0.25) is 9.59 Å². The van der Waals surface area contributed by atoms with E-state index in [-0.39, 0.29) is 24.8 Å². The molecule has 1 unspecified atom stereocenters. The van der Waals surface area contributed by atoms with Gasteiger partial charge in [0.2, 0.25) is 11.8 Å². The minimum Gasteiger partial charge on any atom is -0.493 e. The van der Waals surface area contributed by atoms with E-state index in [1.54, 1.807) is 30.2 Å². The van der Waals surface area contributed by atoms with Crippen LogP contribution in [-0.2, 0) is 9.59 Å². The van der Waals surface area contributed by atoms with Crippen molar-refractivity contribution < 1.29 is 24.2 Å². The first kappa shape index (κ1) is 18.5. The van der Waals surface area contributed by atoms with Gasteiger partial charge in [-0.25, -0.2) is 0 Å². The Labute approximate surface area is 153 Å². The summed E-state index contributed by atoms with van der Waals surface area (Å²) in [5.41, 5.74) is -0.112. The second kappa shape index (κ2) is 7.53. The van der Waals surface area contributed by atoms with Gasteiger partial charge in [0.1, 0.15) is 0 Å². The maximum atomic E-state index is 12.4. The molecule has 26 heavy (non-hydrogen) atoms. The molecular weight excluding hydrogens is 336 g/mol. The van der Waals surface area contributed by atoms with E-state index in [1.807, 2.05) is 0 Å². The van der Waals surface area contributed by atoms with E-state index >= 15 is 0 Å². The Morgan fingerprint density at radius 2 is 1.96 bits per heavy atom. The van der Waals surface area contributed by atoms with Crippen molar-refractivity contribution in [2.24, 2.45) is 5.92 Å². The van der Waals surface area contributed by atoms with Crippen LogP contribution in [0.5, 0.6) is 11.5 Å². The molecule has 0 spiro atoms. The molecule has 0 aromatic heterocycles. The summed E-state index contributed by atoms with van der Waals surface area (Å²) in [5, 5.41) is 13.2. The molecule has 2 aliphatic rings. The predicted octanol–water partition coefficient (Wildman–Crippen LogP) is 1.48. The molecule has 0 bridgehead atoms. The average molecular weight is 362 g/mol. The van der Waals surface area contributed by atoms with Gasteiger partial charge in [0.25, 0.3) is 0 Å².